The van der Waals surface area contributed by atoms with Gasteiger partial charge in [0, 0.05) is 34.4 Å². The van der Waals surface area contributed by atoms with E-state index >= 15 is 0 Å². The number of hydrogen-bond donors (Lipinski definition) is 2. The van der Waals surface area contributed by atoms with E-state index in [1.165, 1.54) is 0 Å². The molecule has 2 aromatic carbocycles. The SMILES string of the molecule is CCOC(=O)c1ccccc1NCCC(=O)Nc1cc(Cl)cc(Cl)c1. The van der Waals surface area contributed by atoms with Crippen LogP contribution in [-0.4, -0.2) is 25.0 Å². The summed E-state index contributed by atoms with van der Waals surface area (Å²) >= 11 is 11.8. The highest BCUT2D eigenvalue weighted by Crippen LogP contribution is 2.22. The van der Waals surface area contributed by atoms with Crippen molar-refractivity contribution in [3.63, 3.8) is 0 Å². The first kappa shape index (κ1) is 19.1. The van der Waals surface area contributed by atoms with E-state index in [1.54, 1.807) is 49.4 Å². The van der Waals surface area contributed by atoms with Crippen LogP contribution in [-0.2, 0) is 9.53 Å². The van der Waals surface area contributed by atoms with Crippen molar-refractivity contribution in [1.29, 1.82) is 0 Å². The Morgan fingerprint density at radius 2 is 1.76 bits per heavy atom. The van der Waals surface area contributed by atoms with E-state index in [-0.39, 0.29) is 12.3 Å². The average Bonchev–Trinajstić information content (AvgIpc) is 2.54. The van der Waals surface area contributed by atoms with Crippen LogP contribution in [0.1, 0.15) is 23.7 Å². The maximum absolute atomic E-state index is 12.0. The Labute approximate surface area is 156 Å². The topological polar surface area (TPSA) is 67.4 Å². The van der Waals surface area contributed by atoms with E-state index in [4.69, 9.17) is 27.9 Å². The number of carbonyl (C=O) groups is 2. The molecule has 7 heteroatoms. The van der Waals surface area contributed by atoms with Crippen molar-refractivity contribution >= 4 is 46.5 Å². The molecule has 0 fully saturated rings. The summed E-state index contributed by atoms with van der Waals surface area (Å²) in [6, 6.07) is 11.8. The molecule has 25 heavy (non-hydrogen) atoms. The zero-order valence-corrected chi connectivity index (χ0v) is 15.2. The number of amides is 1. The molecule has 0 heterocycles. The van der Waals surface area contributed by atoms with Crippen molar-refractivity contribution in [3.05, 3.63) is 58.1 Å². The predicted octanol–water partition coefficient (Wildman–Crippen LogP) is 4.61. The molecule has 2 aromatic rings. The van der Waals surface area contributed by atoms with Gasteiger partial charge >= 0.3 is 5.97 Å². The second kappa shape index (κ2) is 9.30. The molecule has 0 aliphatic rings. The zero-order chi connectivity index (χ0) is 18.2. The highest BCUT2D eigenvalue weighted by atomic mass is 35.5. The van der Waals surface area contributed by atoms with Crippen LogP contribution in [0.4, 0.5) is 11.4 Å². The fraction of sp³-hybridized carbons (Fsp3) is 0.222. The Morgan fingerprint density at radius 3 is 2.44 bits per heavy atom. The summed E-state index contributed by atoms with van der Waals surface area (Å²) in [7, 11) is 0. The highest BCUT2D eigenvalue weighted by molar-refractivity contribution is 6.35. The van der Waals surface area contributed by atoms with Gasteiger partial charge in [-0.2, -0.15) is 0 Å². The zero-order valence-electron chi connectivity index (χ0n) is 13.6. The summed E-state index contributed by atoms with van der Waals surface area (Å²) in [5.74, 6) is -0.594. The molecule has 0 aliphatic heterocycles. The van der Waals surface area contributed by atoms with Crippen LogP contribution < -0.4 is 10.6 Å². The van der Waals surface area contributed by atoms with E-state index in [0.717, 1.165) is 0 Å². The number of anilines is 2. The van der Waals surface area contributed by atoms with E-state index in [9.17, 15) is 9.59 Å². The van der Waals surface area contributed by atoms with E-state index < -0.39 is 5.97 Å². The minimum absolute atomic E-state index is 0.195. The van der Waals surface area contributed by atoms with Gasteiger partial charge in [-0.3, -0.25) is 4.79 Å². The number of esters is 1. The Hall–Kier alpha value is -2.24. The third-order valence-electron chi connectivity index (χ3n) is 3.24. The first-order chi connectivity index (χ1) is 12.0. The lowest BCUT2D eigenvalue weighted by atomic mass is 10.1. The van der Waals surface area contributed by atoms with E-state index in [1.807, 2.05) is 0 Å². The number of carbonyl (C=O) groups excluding carboxylic acids is 2. The van der Waals surface area contributed by atoms with Crippen molar-refractivity contribution in [3.8, 4) is 0 Å². The normalized spacial score (nSPS) is 10.2. The standard InChI is InChI=1S/C18H18Cl2N2O3/c1-2-25-18(24)15-5-3-4-6-16(15)21-8-7-17(23)22-14-10-12(19)9-13(20)11-14/h3-6,9-11,21H,2,7-8H2,1H3,(H,22,23). The fourth-order valence-electron chi connectivity index (χ4n) is 2.18. The first-order valence-corrected chi connectivity index (χ1v) is 8.51. The lowest BCUT2D eigenvalue weighted by molar-refractivity contribution is -0.115. The third kappa shape index (κ3) is 5.96. The van der Waals surface area contributed by atoms with Crippen molar-refractivity contribution in [2.45, 2.75) is 13.3 Å². The smallest absolute Gasteiger partial charge is 0.340 e. The number of halogens is 2. The molecular formula is C18H18Cl2N2O3. The Kier molecular flexibility index (Phi) is 7.10. The average molecular weight is 381 g/mol. The van der Waals surface area contributed by atoms with Gasteiger partial charge in [0.1, 0.15) is 0 Å². The molecule has 0 spiro atoms. The van der Waals surface area contributed by atoms with Gasteiger partial charge in [0.2, 0.25) is 5.91 Å². The minimum Gasteiger partial charge on any atom is -0.462 e. The highest BCUT2D eigenvalue weighted by Gasteiger charge is 2.12. The van der Waals surface area contributed by atoms with Crippen LogP contribution >= 0.6 is 23.2 Å². The number of hydrogen-bond acceptors (Lipinski definition) is 4. The van der Waals surface area contributed by atoms with Gasteiger partial charge in [-0.15, -0.1) is 0 Å². The van der Waals surface area contributed by atoms with Gasteiger partial charge in [0.15, 0.2) is 0 Å². The lowest BCUT2D eigenvalue weighted by Crippen LogP contribution is -2.17. The summed E-state index contributed by atoms with van der Waals surface area (Å²) in [5.41, 5.74) is 1.60. The molecule has 132 valence electrons. The predicted molar refractivity (Wildman–Crippen MR) is 101 cm³/mol. The summed E-state index contributed by atoms with van der Waals surface area (Å²) in [5, 5.41) is 6.70. The molecule has 0 saturated heterocycles. The maximum Gasteiger partial charge on any atom is 0.340 e. The number of para-hydroxylation sites is 1. The molecule has 0 saturated carbocycles. The maximum atomic E-state index is 12.0. The Morgan fingerprint density at radius 1 is 1.08 bits per heavy atom. The molecule has 0 radical (unpaired) electrons. The quantitative estimate of drug-likeness (QED) is 0.688. The van der Waals surface area contributed by atoms with Gasteiger partial charge in [-0.25, -0.2) is 4.79 Å². The van der Waals surface area contributed by atoms with Gasteiger partial charge in [-0.1, -0.05) is 35.3 Å². The summed E-state index contributed by atoms with van der Waals surface area (Å²) in [4.78, 5) is 23.9. The van der Waals surface area contributed by atoms with E-state index in [0.29, 0.717) is 40.1 Å². The number of ether oxygens (including phenoxy) is 1. The summed E-state index contributed by atoms with van der Waals surface area (Å²) in [6.45, 7) is 2.41. The Bertz CT molecular complexity index is 745. The molecular weight excluding hydrogens is 363 g/mol. The summed E-state index contributed by atoms with van der Waals surface area (Å²) < 4.78 is 5.01. The van der Waals surface area contributed by atoms with Crippen LogP contribution in [0.3, 0.4) is 0 Å². The molecule has 5 nitrogen and oxygen atoms in total. The van der Waals surface area contributed by atoms with Crippen LogP contribution in [0.5, 0.6) is 0 Å². The first-order valence-electron chi connectivity index (χ1n) is 7.75. The van der Waals surface area contributed by atoms with Crippen LogP contribution in [0.15, 0.2) is 42.5 Å². The molecule has 1 amide bonds. The molecule has 2 N–H and O–H groups in total. The molecule has 0 aliphatic carbocycles. The van der Waals surface area contributed by atoms with Crippen molar-refractivity contribution in [2.24, 2.45) is 0 Å². The molecule has 2 rings (SSSR count). The van der Waals surface area contributed by atoms with Crippen molar-refractivity contribution < 1.29 is 14.3 Å². The van der Waals surface area contributed by atoms with Crippen molar-refractivity contribution in [1.82, 2.24) is 0 Å². The fourth-order valence-corrected chi connectivity index (χ4v) is 2.71. The van der Waals surface area contributed by atoms with Gasteiger partial charge < -0.3 is 15.4 Å². The number of nitrogens with one attached hydrogen (secondary N) is 2. The lowest BCUT2D eigenvalue weighted by Gasteiger charge is -2.11. The second-order valence-corrected chi connectivity index (χ2v) is 6.02. The summed E-state index contributed by atoms with van der Waals surface area (Å²) in [6.07, 6.45) is 0.210. The monoisotopic (exact) mass is 380 g/mol. The Balaban J connectivity index is 1.90. The van der Waals surface area contributed by atoms with Crippen LogP contribution in [0.2, 0.25) is 10.0 Å². The van der Waals surface area contributed by atoms with Gasteiger partial charge in [0.05, 0.1) is 12.2 Å². The molecule has 0 unspecified atom stereocenters. The van der Waals surface area contributed by atoms with Gasteiger partial charge in [-0.05, 0) is 37.3 Å². The largest absolute Gasteiger partial charge is 0.462 e. The number of benzene rings is 2. The molecule has 0 aromatic heterocycles. The molecule has 0 bridgehead atoms. The third-order valence-corrected chi connectivity index (χ3v) is 3.67. The van der Waals surface area contributed by atoms with Crippen LogP contribution in [0, 0.1) is 0 Å². The number of rotatable bonds is 7. The van der Waals surface area contributed by atoms with E-state index in [2.05, 4.69) is 10.6 Å². The minimum atomic E-state index is -0.399. The second-order valence-electron chi connectivity index (χ2n) is 5.15. The van der Waals surface area contributed by atoms with Gasteiger partial charge in [0.25, 0.3) is 0 Å². The van der Waals surface area contributed by atoms with Crippen LogP contribution in [0.25, 0.3) is 0 Å². The van der Waals surface area contributed by atoms with Crippen molar-refractivity contribution in [2.75, 3.05) is 23.8 Å². The molecule has 0 atom stereocenters.